The van der Waals surface area contributed by atoms with Crippen LogP contribution in [0, 0.1) is 5.82 Å². The maximum atomic E-state index is 13.9. The van der Waals surface area contributed by atoms with Gasteiger partial charge in [-0.15, -0.1) is 0 Å². The highest BCUT2D eigenvalue weighted by Gasteiger charge is 2.36. The Morgan fingerprint density at radius 1 is 1.35 bits per heavy atom. The van der Waals surface area contributed by atoms with Crippen LogP contribution in [0.5, 0.6) is 0 Å². The Bertz CT molecular complexity index is 488. The number of carbonyl (C=O) groups is 1. The van der Waals surface area contributed by atoms with Crippen LogP contribution in [0.4, 0.5) is 17.6 Å². The first-order valence-electron chi connectivity index (χ1n) is 5.92. The number of hydrogen-bond donors (Lipinski definition) is 0. The smallest absolute Gasteiger partial charge is 0.335 e. The number of nitrogens with zero attached hydrogens (tertiary/aromatic N) is 1. The third-order valence-corrected chi connectivity index (χ3v) is 3.10. The van der Waals surface area contributed by atoms with Gasteiger partial charge in [-0.2, -0.15) is 13.2 Å². The van der Waals surface area contributed by atoms with E-state index < -0.39 is 29.0 Å². The number of carbonyl (C=O) groups excluding carboxylic acids is 1. The predicted molar refractivity (Wildman–Crippen MR) is 71.4 cm³/mol. The quantitative estimate of drug-likeness (QED) is 0.588. The average Bonchev–Trinajstić information content (AvgIpc) is 2.33. The molecule has 1 aromatic rings. The summed E-state index contributed by atoms with van der Waals surface area (Å²) in [5.41, 5.74) is -1.99. The summed E-state index contributed by atoms with van der Waals surface area (Å²) < 4.78 is 51.8. The zero-order valence-electron chi connectivity index (χ0n) is 11.0. The first kappa shape index (κ1) is 16.9. The van der Waals surface area contributed by atoms with E-state index in [1.54, 1.807) is 13.8 Å². The fourth-order valence-electron chi connectivity index (χ4n) is 1.76. The third-order valence-electron chi connectivity index (χ3n) is 2.74. The molecule has 0 radical (unpaired) electrons. The summed E-state index contributed by atoms with van der Waals surface area (Å²) in [4.78, 5) is 13.5. The zero-order chi connectivity index (χ0) is 15.5. The molecule has 0 aliphatic heterocycles. The van der Waals surface area contributed by atoms with Crippen molar-refractivity contribution in [2.24, 2.45) is 0 Å². The van der Waals surface area contributed by atoms with Gasteiger partial charge in [0.15, 0.2) is 0 Å². The molecule has 0 N–H and O–H groups in total. The van der Waals surface area contributed by atoms with Crippen molar-refractivity contribution in [1.29, 1.82) is 0 Å². The first-order chi connectivity index (χ1) is 9.20. The van der Waals surface area contributed by atoms with Gasteiger partial charge in [0.1, 0.15) is 5.82 Å². The van der Waals surface area contributed by atoms with E-state index in [0.29, 0.717) is 11.4 Å². The van der Waals surface area contributed by atoms with Gasteiger partial charge in [0.2, 0.25) is 0 Å². The van der Waals surface area contributed by atoms with Gasteiger partial charge in [-0.3, -0.25) is 4.79 Å². The lowest BCUT2D eigenvalue weighted by Gasteiger charge is -2.26. The van der Waals surface area contributed by atoms with E-state index in [9.17, 15) is 22.4 Å². The molecule has 0 heterocycles. The number of hydrogen-bond acceptors (Lipinski definition) is 1. The minimum Gasteiger partial charge on any atom is -0.335 e. The van der Waals surface area contributed by atoms with E-state index in [1.165, 1.54) is 4.90 Å². The second-order valence-corrected chi connectivity index (χ2v) is 5.24. The fraction of sp³-hybridized carbons (Fsp3) is 0.462. The average molecular weight is 356 g/mol. The van der Waals surface area contributed by atoms with Crippen molar-refractivity contribution in [3.05, 3.63) is 35.1 Å². The van der Waals surface area contributed by atoms with E-state index in [-0.39, 0.29) is 12.6 Å². The molecule has 0 aromatic heterocycles. The maximum absolute atomic E-state index is 13.9. The van der Waals surface area contributed by atoms with Gasteiger partial charge in [-0.1, -0.05) is 22.0 Å². The molecule has 20 heavy (non-hydrogen) atoms. The van der Waals surface area contributed by atoms with Crippen molar-refractivity contribution in [1.82, 2.24) is 4.90 Å². The van der Waals surface area contributed by atoms with E-state index in [1.807, 2.05) is 0 Å². The molecule has 0 unspecified atom stereocenters. The van der Waals surface area contributed by atoms with Gasteiger partial charge in [0, 0.05) is 17.9 Å². The Balaban J connectivity index is 3.23. The standard InChI is InChI=1S/C13H14BrF4NO/c1-8(2)19(7-6-14)12(20)9-4-3-5-10(11(9)15)13(16,17)18/h3-5,8H,6-7H2,1-2H3. The molecule has 0 saturated carbocycles. The van der Waals surface area contributed by atoms with Crippen LogP contribution in [0.25, 0.3) is 0 Å². The lowest BCUT2D eigenvalue weighted by molar-refractivity contribution is -0.140. The number of amides is 1. The monoisotopic (exact) mass is 355 g/mol. The fourth-order valence-corrected chi connectivity index (χ4v) is 2.14. The Kier molecular flexibility index (Phi) is 5.56. The van der Waals surface area contributed by atoms with Crippen molar-refractivity contribution in [2.45, 2.75) is 26.1 Å². The summed E-state index contributed by atoms with van der Waals surface area (Å²) in [6.07, 6.45) is -4.82. The number of rotatable bonds is 4. The van der Waals surface area contributed by atoms with Crippen LogP contribution in [0.2, 0.25) is 0 Å². The molecule has 0 fully saturated rings. The molecule has 0 bridgehead atoms. The van der Waals surface area contributed by atoms with Gasteiger partial charge in [0.25, 0.3) is 5.91 Å². The molecule has 1 aromatic carbocycles. The van der Waals surface area contributed by atoms with Gasteiger partial charge >= 0.3 is 6.18 Å². The normalized spacial score (nSPS) is 11.8. The third kappa shape index (κ3) is 3.71. The summed E-state index contributed by atoms with van der Waals surface area (Å²) in [7, 11) is 0. The molecule has 112 valence electrons. The second kappa shape index (κ2) is 6.56. The van der Waals surface area contributed by atoms with Crippen LogP contribution >= 0.6 is 15.9 Å². The van der Waals surface area contributed by atoms with Gasteiger partial charge in [-0.05, 0) is 26.0 Å². The van der Waals surface area contributed by atoms with Crippen LogP contribution in [0.3, 0.4) is 0 Å². The zero-order valence-corrected chi connectivity index (χ0v) is 12.6. The maximum Gasteiger partial charge on any atom is 0.419 e. The number of alkyl halides is 4. The van der Waals surface area contributed by atoms with E-state index >= 15 is 0 Å². The van der Waals surface area contributed by atoms with Crippen LogP contribution in [-0.4, -0.2) is 28.7 Å². The minimum absolute atomic E-state index is 0.242. The molecule has 0 atom stereocenters. The number of benzene rings is 1. The van der Waals surface area contributed by atoms with Crippen molar-refractivity contribution in [2.75, 3.05) is 11.9 Å². The minimum atomic E-state index is -4.82. The Morgan fingerprint density at radius 2 is 1.95 bits per heavy atom. The summed E-state index contributed by atoms with van der Waals surface area (Å²) in [6.45, 7) is 3.71. The summed E-state index contributed by atoms with van der Waals surface area (Å²) in [5.74, 6) is -2.27. The van der Waals surface area contributed by atoms with Crippen LogP contribution in [0.1, 0.15) is 29.8 Å². The van der Waals surface area contributed by atoms with Crippen molar-refractivity contribution >= 4 is 21.8 Å². The molecule has 0 saturated heterocycles. The predicted octanol–water partition coefficient (Wildman–Crippen LogP) is 4.09. The molecule has 7 heteroatoms. The van der Waals surface area contributed by atoms with E-state index in [4.69, 9.17) is 0 Å². The van der Waals surface area contributed by atoms with Gasteiger partial charge in [-0.25, -0.2) is 4.39 Å². The second-order valence-electron chi connectivity index (χ2n) is 4.45. The molecule has 0 aliphatic carbocycles. The highest BCUT2D eigenvalue weighted by atomic mass is 79.9. The van der Waals surface area contributed by atoms with Crippen molar-refractivity contribution in [3.8, 4) is 0 Å². The Labute approximate surface area is 122 Å². The molecule has 1 amide bonds. The van der Waals surface area contributed by atoms with Gasteiger partial charge < -0.3 is 4.90 Å². The summed E-state index contributed by atoms with van der Waals surface area (Å²) in [6, 6.07) is 2.48. The molecule has 1 rings (SSSR count). The van der Waals surface area contributed by atoms with E-state index in [2.05, 4.69) is 15.9 Å². The molecule has 0 aliphatic rings. The lowest BCUT2D eigenvalue weighted by atomic mass is 10.1. The molecular formula is C13H14BrF4NO. The van der Waals surface area contributed by atoms with Crippen LogP contribution in [-0.2, 0) is 6.18 Å². The van der Waals surface area contributed by atoms with Crippen molar-refractivity contribution < 1.29 is 22.4 Å². The SMILES string of the molecule is CC(C)N(CCBr)C(=O)c1cccc(C(F)(F)F)c1F. The highest BCUT2D eigenvalue weighted by molar-refractivity contribution is 9.09. The van der Waals surface area contributed by atoms with Gasteiger partial charge in [0.05, 0.1) is 11.1 Å². The Hall–Kier alpha value is -1.11. The Morgan fingerprint density at radius 3 is 2.40 bits per heavy atom. The molecule has 0 spiro atoms. The largest absolute Gasteiger partial charge is 0.419 e. The topological polar surface area (TPSA) is 20.3 Å². The first-order valence-corrected chi connectivity index (χ1v) is 7.05. The van der Waals surface area contributed by atoms with E-state index in [0.717, 1.165) is 12.1 Å². The molecule has 2 nitrogen and oxygen atoms in total. The van der Waals surface area contributed by atoms with Crippen LogP contribution < -0.4 is 0 Å². The lowest BCUT2D eigenvalue weighted by Crippen LogP contribution is -2.39. The number of halogens is 5. The van der Waals surface area contributed by atoms with Crippen molar-refractivity contribution in [3.63, 3.8) is 0 Å². The molecular weight excluding hydrogens is 342 g/mol. The highest BCUT2D eigenvalue weighted by Crippen LogP contribution is 2.32. The summed E-state index contributed by atoms with van der Waals surface area (Å²) in [5, 5.41) is 0.456. The van der Waals surface area contributed by atoms with Crippen LogP contribution in [0.15, 0.2) is 18.2 Å². The summed E-state index contributed by atoms with van der Waals surface area (Å²) >= 11 is 3.16.